The predicted molar refractivity (Wildman–Crippen MR) is 94.2 cm³/mol. The summed E-state index contributed by atoms with van der Waals surface area (Å²) in [6, 6.07) is 8.89. The summed E-state index contributed by atoms with van der Waals surface area (Å²) in [5.41, 5.74) is 0.166. The van der Waals surface area contributed by atoms with E-state index in [-0.39, 0.29) is 18.0 Å². The maximum absolute atomic E-state index is 13.3. The van der Waals surface area contributed by atoms with E-state index in [1.54, 1.807) is 18.2 Å². The van der Waals surface area contributed by atoms with Gasteiger partial charge in [-0.25, -0.2) is 4.39 Å². The highest BCUT2D eigenvalue weighted by atomic mass is 32.1. The van der Waals surface area contributed by atoms with Gasteiger partial charge in [0, 0.05) is 23.9 Å². The average Bonchev–Trinajstić information content (AvgIpc) is 2.89. The van der Waals surface area contributed by atoms with E-state index in [1.807, 2.05) is 0 Å². The molecule has 0 saturated heterocycles. The lowest BCUT2D eigenvalue weighted by Crippen LogP contribution is -2.23. The Bertz CT molecular complexity index is 974. The van der Waals surface area contributed by atoms with Gasteiger partial charge >= 0.3 is 0 Å². The number of carbonyl (C=O) groups is 1. The molecule has 1 heterocycles. The van der Waals surface area contributed by atoms with Crippen molar-refractivity contribution in [2.75, 3.05) is 19.5 Å². The third-order valence-corrected chi connectivity index (χ3v) is 4.58. The van der Waals surface area contributed by atoms with E-state index < -0.39 is 5.82 Å². The highest BCUT2D eigenvalue weighted by molar-refractivity contribution is 7.13. The zero-order valence-corrected chi connectivity index (χ0v) is 14.4. The molecule has 0 spiro atoms. The van der Waals surface area contributed by atoms with Gasteiger partial charge in [-0.2, -0.15) is 0 Å². The van der Waals surface area contributed by atoms with Gasteiger partial charge in [-0.15, -0.1) is 0 Å². The largest absolute Gasteiger partial charge is 0.497 e. The van der Waals surface area contributed by atoms with Crippen molar-refractivity contribution in [2.24, 2.45) is 0 Å². The first kappa shape index (κ1) is 17.0. The molecule has 0 bridgehead atoms. The second-order valence-corrected chi connectivity index (χ2v) is 6.29. The van der Waals surface area contributed by atoms with Gasteiger partial charge in [0.05, 0.1) is 24.3 Å². The number of rotatable bonds is 5. The van der Waals surface area contributed by atoms with Gasteiger partial charge in [-0.1, -0.05) is 11.5 Å². The summed E-state index contributed by atoms with van der Waals surface area (Å²) in [7, 11) is 3.02. The fourth-order valence-electron chi connectivity index (χ4n) is 2.36. The number of aromatic nitrogens is 1. The maximum atomic E-state index is 13.3. The summed E-state index contributed by atoms with van der Waals surface area (Å²) in [6.45, 7) is -0.167. The van der Waals surface area contributed by atoms with Gasteiger partial charge in [0.2, 0.25) is 5.91 Å². The van der Waals surface area contributed by atoms with Gasteiger partial charge in [0.25, 0.3) is 5.56 Å². The van der Waals surface area contributed by atoms with Crippen molar-refractivity contribution in [3.8, 4) is 11.5 Å². The minimum atomic E-state index is -0.422. The lowest BCUT2D eigenvalue weighted by atomic mass is 10.2. The van der Waals surface area contributed by atoms with E-state index in [0.29, 0.717) is 27.3 Å². The molecule has 1 amide bonds. The van der Waals surface area contributed by atoms with Gasteiger partial charge in [0.15, 0.2) is 0 Å². The number of anilines is 1. The Labute approximate surface area is 146 Å². The van der Waals surface area contributed by atoms with Crippen LogP contribution in [0.4, 0.5) is 10.1 Å². The van der Waals surface area contributed by atoms with Crippen molar-refractivity contribution in [3.05, 3.63) is 52.6 Å². The normalized spacial score (nSPS) is 10.7. The van der Waals surface area contributed by atoms with Crippen LogP contribution >= 0.6 is 11.5 Å². The van der Waals surface area contributed by atoms with Crippen LogP contribution in [0, 0.1) is 5.82 Å². The molecule has 0 radical (unpaired) electrons. The first-order chi connectivity index (χ1) is 12.0. The number of halogens is 1. The van der Waals surface area contributed by atoms with Crippen LogP contribution in [-0.2, 0) is 11.3 Å². The summed E-state index contributed by atoms with van der Waals surface area (Å²) in [5.74, 6) is 0.256. The molecule has 2 aromatic carbocycles. The minimum Gasteiger partial charge on any atom is -0.497 e. The second-order valence-electron chi connectivity index (χ2n) is 5.22. The number of amides is 1. The Balaban J connectivity index is 1.81. The molecule has 0 unspecified atom stereocenters. The first-order valence-electron chi connectivity index (χ1n) is 7.32. The molecule has 0 aliphatic heterocycles. The smallest absolute Gasteiger partial charge is 0.269 e. The lowest BCUT2D eigenvalue weighted by Gasteiger charge is -2.09. The van der Waals surface area contributed by atoms with Crippen LogP contribution in [-0.4, -0.2) is 24.1 Å². The Morgan fingerprint density at radius 1 is 1.16 bits per heavy atom. The van der Waals surface area contributed by atoms with Crippen molar-refractivity contribution in [3.63, 3.8) is 0 Å². The number of fused-ring (bicyclic) bond motifs is 1. The zero-order chi connectivity index (χ0) is 18.0. The Kier molecular flexibility index (Phi) is 4.71. The summed E-state index contributed by atoms with van der Waals surface area (Å²) >= 11 is 1.05. The van der Waals surface area contributed by atoms with Crippen molar-refractivity contribution in [1.29, 1.82) is 0 Å². The number of nitrogens with one attached hydrogen (secondary N) is 1. The Hall–Kier alpha value is -2.87. The SMILES string of the molecule is COc1cc(NC(=O)Cn2sc3cc(F)ccc3c2=O)cc(OC)c1. The van der Waals surface area contributed by atoms with Crippen molar-refractivity contribution < 1.29 is 18.7 Å². The van der Waals surface area contributed by atoms with Gasteiger partial charge in [0.1, 0.15) is 23.9 Å². The Morgan fingerprint density at radius 3 is 2.48 bits per heavy atom. The van der Waals surface area contributed by atoms with Gasteiger partial charge in [-0.3, -0.25) is 13.5 Å². The van der Waals surface area contributed by atoms with Crippen LogP contribution in [0.2, 0.25) is 0 Å². The van der Waals surface area contributed by atoms with Crippen molar-refractivity contribution in [1.82, 2.24) is 3.96 Å². The molecule has 0 atom stereocenters. The molecule has 25 heavy (non-hydrogen) atoms. The quantitative estimate of drug-likeness (QED) is 0.758. The van der Waals surface area contributed by atoms with Crippen LogP contribution in [0.3, 0.4) is 0 Å². The molecular formula is C17H15FN2O4S. The van der Waals surface area contributed by atoms with Crippen LogP contribution in [0.15, 0.2) is 41.2 Å². The fourth-order valence-corrected chi connectivity index (χ4v) is 3.38. The summed E-state index contributed by atoms with van der Waals surface area (Å²) < 4.78 is 25.3. The summed E-state index contributed by atoms with van der Waals surface area (Å²) in [5, 5.41) is 3.09. The maximum Gasteiger partial charge on any atom is 0.269 e. The molecule has 6 nitrogen and oxygen atoms in total. The number of nitrogens with zero attached hydrogens (tertiary/aromatic N) is 1. The molecule has 130 valence electrons. The van der Waals surface area contributed by atoms with Crippen LogP contribution in [0.1, 0.15) is 0 Å². The highest BCUT2D eigenvalue weighted by Crippen LogP contribution is 2.26. The number of hydrogen-bond acceptors (Lipinski definition) is 5. The molecule has 0 aliphatic carbocycles. The van der Waals surface area contributed by atoms with Crippen molar-refractivity contribution in [2.45, 2.75) is 6.54 Å². The van der Waals surface area contributed by atoms with E-state index in [4.69, 9.17) is 9.47 Å². The van der Waals surface area contributed by atoms with E-state index in [9.17, 15) is 14.0 Å². The number of benzene rings is 2. The first-order valence-corrected chi connectivity index (χ1v) is 8.10. The highest BCUT2D eigenvalue weighted by Gasteiger charge is 2.12. The van der Waals surface area contributed by atoms with E-state index >= 15 is 0 Å². The third-order valence-electron chi connectivity index (χ3n) is 3.53. The molecule has 3 aromatic rings. The van der Waals surface area contributed by atoms with E-state index in [0.717, 1.165) is 11.5 Å². The molecule has 3 rings (SSSR count). The number of methoxy groups -OCH3 is 2. The van der Waals surface area contributed by atoms with E-state index in [2.05, 4.69) is 5.32 Å². The predicted octanol–water partition coefficient (Wildman–Crippen LogP) is 2.86. The second kappa shape index (κ2) is 6.94. The number of carbonyl (C=O) groups excluding carboxylic acids is 1. The zero-order valence-electron chi connectivity index (χ0n) is 13.5. The summed E-state index contributed by atoms with van der Waals surface area (Å²) in [4.78, 5) is 24.5. The molecular weight excluding hydrogens is 347 g/mol. The molecule has 1 N–H and O–H groups in total. The number of hydrogen-bond donors (Lipinski definition) is 1. The Morgan fingerprint density at radius 2 is 1.84 bits per heavy atom. The summed E-state index contributed by atoms with van der Waals surface area (Å²) in [6.07, 6.45) is 0. The molecule has 0 fully saturated rings. The van der Waals surface area contributed by atoms with Crippen LogP contribution in [0.25, 0.3) is 10.1 Å². The average molecular weight is 362 g/mol. The number of ether oxygens (including phenoxy) is 2. The standard InChI is InChI=1S/C17H15FN2O4S/c1-23-12-6-11(7-13(8-12)24-2)19-16(21)9-20-17(22)14-4-3-10(18)5-15(14)25-20/h3-8H,9H2,1-2H3,(H,19,21). The van der Waals surface area contributed by atoms with Gasteiger partial charge < -0.3 is 14.8 Å². The molecule has 8 heteroatoms. The monoisotopic (exact) mass is 362 g/mol. The minimum absolute atomic E-state index is 0.167. The third kappa shape index (κ3) is 3.63. The molecule has 0 aliphatic rings. The van der Waals surface area contributed by atoms with Crippen molar-refractivity contribution >= 4 is 33.2 Å². The fraction of sp³-hybridized carbons (Fsp3) is 0.176. The molecule has 0 saturated carbocycles. The topological polar surface area (TPSA) is 69.6 Å². The van der Waals surface area contributed by atoms with Crippen LogP contribution in [0.5, 0.6) is 11.5 Å². The van der Waals surface area contributed by atoms with E-state index in [1.165, 1.54) is 36.4 Å². The lowest BCUT2D eigenvalue weighted by molar-refractivity contribution is -0.116. The van der Waals surface area contributed by atoms with Gasteiger partial charge in [-0.05, 0) is 18.2 Å². The van der Waals surface area contributed by atoms with Crippen LogP contribution < -0.4 is 20.3 Å². The molecule has 1 aromatic heterocycles.